The number of aromatic nitrogens is 1. The van der Waals surface area contributed by atoms with Crippen molar-refractivity contribution in [3.05, 3.63) is 63.8 Å². The van der Waals surface area contributed by atoms with Gasteiger partial charge in [-0.1, -0.05) is 38.3 Å². The Bertz CT molecular complexity index is 1020. The number of nitrogens with one attached hydrogen (secondary N) is 1. The summed E-state index contributed by atoms with van der Waals surface area (Å²) in [6, 6.07) is 8.08. The van der Waals surface area contributed by atoms with Gasteiger partial charge in [0.1, 0.15) is 11.4 Å². The lowest BCUT2D eigenvalue weighted by molar-refractivity contribution is -0.385. The summed E-state index contributed by atoms with van der Waals surface area (Å²) in [5.74, 6) is -0.653. The zero-order valence-electron chi connectivity index (χ0n) is 18.5. The van der Waals surface area contributed by atoms with Crippen LogP contribution < -0.4 is 10.2 Å². The van der Waals surface area contributed by atoms with Crippen molar-refractivity contribution in [1.82, 2.24) is 15.2 Å². The molecule has 10 nitrogen and oxygen atoms in total. The van der Waals surface area contributed by atoms with E-state index in [1.807, 2.05) is 0 Å². The van der Waals surface area contributed by atoms with Crippen molar-refractivity contribution in [2.45, 2.75) is 39.0 Å². The SMILES string of the molecule is CCCCCCNC(=O)c1ccc(N2CCCN(C(=O)c3ccccc3[N+](=O)[O-])C2=O)nc1. The summed E-state index contributed by atoms with van der Waals surface area (Å²) >= 11 is 0. The van der Waals surface area contributed by atoms with E-state index in [1.165, 1.54) is 35.4 Å². The van der Waals surface area contributed by atoms with Crippen molar-refractivity contribution in [2.24, 2.45) is 0 Å². The van der Waals surface area contributed by atoms with E-state index in [4.69, 9.17) is 0 Å². The van der Waals surface area contributed by atoms with Gasteiger partial charge in [0, 0.05) is 31.9 Å². The van der Waals surface area contributed by atoms with Crippen LogP contribution in [0.5, 0.6) is 0 Å². The van der Waals surface area contributed by atoms with Crippen molar-refractivity contribution in [2.75, 3.05) is 24.5 Å². The van der Waals surface area contributed by atoms with Gasteiger partial charge in [0.2, 0.25) is 0 Å². The number of hydrogen-bond donors (Lipinski definition) is 1. The Kier molecular flexibility index (Phi) is 8.06. The maximum absolute atomic E-state index is 13.0. The maximum Gasteiger partial charge on any atom is 0.332 e. The van der Waals surface area contributed by atoms with Gasteiger partial charge in [0.25, 0.3) is 17.5 Å². The number of imide groups is 1. The maximum atomic E-state index is 13.0. The van der Waals surface area contributed by atoms with Gasteiger partial charge < -0.3 is 5.32 Å². The lowest BCUT2D eigenvalue weighted by Crippen LogP contribution is -2.52. The van der Waals surface area contributed by atoms with E-state index in [0.717, 1.165) is 30.6 Å². The van der Waals surface area contributed by atoms with Crippen molar-refractivity contribution in [3.8, 4) is 0 Å². The summed E-state index contributed by atoms with van der Waals surface area (Å²) in [5, 5.41) is 14.1. The average Bonchev–Trinajstić information content (AvgIpc) is 2.83. The number of carbonyl (C=O) groups is 3. The summed E-state index contributed by atoms with van der Waals surface area (Å²) in [6.07, 6.45) is 6.11. The predicted octanol–water partition coefficient (Wildman–Crippen LogP) is 3.77. The fourth-order valence-corrected chi connectivity index (χ4v) is 3.62. The number of urea groups is 1. The fraction of sp³-hybridized carbons (Fsp3) is 0.391. The second kappa shape index (κ2) is 11.2. The van der Waals surface area contributed by atoms with E-state index in [0.29, 0.717) is 30.9 Å². The molecule has 0 bridgehead atoms. The van der Waals surface area contributed by atoms with Crippen LogP contribution in [-0.2, 0) is 0 Å². The molecule has 0 saturated carbocycles. The number of amides is 4. The largest absolute Gasteiger partial charge is 0.352 e. The van der Waals surface area contributed by atoms with Crippen LogP contribution in [0.25, 0.3) is 0 Å². The third kappa shape index (κ3) is 5.71. The molecule has 1 N–H and O–H groups in total. The second-order valence-corrected chi connectivity index (χ2v) is 7.74. The fourth-order valence-electron chi connectivity index (χ4n) is 3.62. The number of carbonyl (C=O) groups excluding carboxylic acids is 3. The minimum absolute atomic E-state index is 0.142. The number of para-hydroxylation sites is 1. The first kappa shape index (κ1) is 23.8. The highest BCUT2D eigenvalue weighted by molar-refractivity contribution is 6.10. The molecule has 0 unspecified atom stereocenters. The van der Waals surface area contributed by atoms with Gasteiger partial charge in [-0.3, -0.25) is 29.5 Å². The quantitative estimate of drug-likeness (QED) is 0.350. The minimum atomic E-state index is -0.726. The molecule has 0 atom stereocenters. The second-order valence-electron chi connectivity index (χ2n) is 7.74. The van der Waals surface area contributed by atoms with E-state index < -0.39 is 16.9 Å². The zero-order valence-corrected chi connectivity index (χ0v) is 18.5. The van der Waals surface area contributed by atoms with Crippen molar-refractivity contribution in [1.29, 1.82) is 0 Å². The monoisotopic (exact) mass is 453 g/mol. The third-order valence-electron chi connectivity index (χ3n) is 5.40. The molecule has 1 saturated heterocycles. The highest BCUT2D eigenvalue weighted by Crippen LogP contribution is 2.24. The van der Waals surface area contributed by atoms with Crippen LogP contribution in [0.15, 0.2) is 42.6 Å². The summed E-state index contributed by atoms with van der Waals surface area (Å²) < 4.78 is 0. The van der Waals surface area contributed by atoms with E-state index in [1.54, 1.807) is 12.1 Å². The summed E-state index contributed by atoms with van der Waals surface area (Å²) in [6.45, 7) is 3.21. The molecule has 10 heteroatoms. The van der Waals surface area contributed by atoms with Gasteiger partial charge in [-0.15, -0.1) is 0 Å². The Morgan fingerprint density at radius 2 is 1.91 bits per heavy atom. The highest BCUT2D eigenvalue weighted by atomic mass is 16.6. The normalized spacial score (nSPS) is 13.7. The number of pyridine rings is 1. The Hall–Kier alpha value is -3.82. The Morgan fingerprint density at radius 3 is 2.61 bits per heavy atom. The van der Waals surface area contributed by atoms with Crippen LogP contribution in [0.3, 0.4) is 0 Å². The van der Waals surface area contributed by atoms with Crippen LogP contribution in [0, 0.1) is 10.1 Å². The van der Waals surface area contributed by atoms with E-state index in [-0.39, 0.29) is 23.7 Å². The number of nitro benzene ring substituents is 1. The Labute approximate surface area is 191 Å². The molecule has 1 aliphatic rings. The smallest absolute Gasteiger partial charge is 0.332 e. The number of nitro groups is 1. The topological polar surface area (TPSA) is 126 Å². The van der Waals surface area contributed by atoms with Crippen molar-refractivity contribution >= 4 is 29.4 Å². The summed E-state index contributed by atoms with van der Waals surface area (Å²) in [5.41, 5.74) is -0.112. The first-order valence-electron chi connectivity index (χ1n) is 11.0. The molecular formula is C23H27N5O5. The van der Waals surface area contributed by atoms with E-state index in [2.05, 4.69) is 17.2 Å². The average molecular weight is 453 g/mol. The lowest BCUT2D eigenvalue weighted by atomic mass is 10.1. The molecule has 1 aromatic heterocycles. The Balaban J connectivity index is 1.68. The summed E-state index contributed by atoms with van der Waals surface area (Å²) in [4.78, 5) is 55.4. The van der Waals surface area contributed by atoms with Crippen LogP contribution in [0.2, 0.25) is 0 Å². The number of rotatable bonds is 9. The Morgan fingerprint density at radius 1 is 1.12 bits per heavy atom. The van der Waals surface area contributed by atoms with E-state index >= 15 is 0 Å². The first-order valence-corrected chi connectivity index (χ1v) is 11.0. The number of anilines is 1. The van der Waals surface area contributed by atoms with Gasteiger partial charge in [-0.25, -0.2) is 9.78 Å². The number of hydrogen-bond acceptors (Lipinski definition) is 6. The van der Waals surface area contributed by atoms with Gasteiger partial charge in [0.05, 0.1) is 10.5 Å². The van der Waals surface area contributed by atoms with Crippen LogP contribution in [0.4, 0.5) is 16.3 Å². The van der Waals surface area contributed by atoms with Gasteiger partial charge in [-0.05, 0) is 31.0 Å². The molecule has 174 valence electrons. The van der Waals surface area contributed by atoms with Crippen LogP contribution in [0.1, 0.15) is 59.7 Å². The molecule has 0 spiro atoms. The molecule has 33 heavy (non-hydrogen) atoms. The molecule has 1 aromatic carbocycles. The van der Waals surface area contributed by atoms with Gasteiger partial charge >= 0.3 is 6.03 Å². The third-order valence-corrected chi connectivity index (χ3v) is 5.40. The van der Waals surface area contributed by atoms with Crippen LogP contribution >= 0.6 is 0 Å². The molecular weight excluding hydrogens is 426 g/mol. The number of unbranched alkanes of at least 4 members (excludes halogenated alkanes) is 3. The summed E-state index contributed by atoms with van der Waals surface area (Å²) in [7, 11) is 0. The van der Waals surface area contributed by atoms with Crippen LogP contribution in [-0.4, -0.2) is 52.3 Å². The number of benzene rings is 1. The van der Waals surface area contributed by atoms with Gasteiger partial charge in [0.15, 0.2) is 0 Å². The molecule has 2 aromatic rings. The molecule has 0 radical (unpaired) electrons. The molecule has 1 fully saturated rings. The molecule has 1 aliphatic heterocycles. The first-order chi connectivity index (χ1) is 15.9. The zero-order chi connectivity index (χ0) is 23.8. The van der Waals surface area contributed by atoms with Crippen molar-refractivity contribution < 1.29 is 19.3 Å². The molecule has 3 rings (SSSR count). The minimum Gasteiger partial charge on any atom is -0.352 e. The molecule has 2 heterocycles. The molecule has 4 amide bonds. The molecule has 0 aliphatic carbocycles. The van der Waals surface area contributed by atoms with Gasteiger partial charge in [-0.2, -0.15) is 0 Å². The number of nitrogens with zero attached hydrogens (tertiary/aromatic N) is 4. The van der Waals surface area contributed by atoms with Crippen molar-refractivity contribution in [3.63, 3.8) is 0 Å². The highest BCUT2D eigenvalue weighted by Gasteiger charge is 2.35. The lowest BCUT2D eigenvalue weighted by Gasteiger charge is -2.33. The standard InChI is InChI=1S/C23H27N5O5/c1-2-3-4-7-13-24-21(29)17-11-12-20(25-16-17)26-14-8-15-27(23(26)31)22(30)18-9-5-6-10-19(18)28(32)33/h5-6,9-12,16H,2-4,7-8,13-15H2,1H3,(H,24,29). The predicted molar refractivity (Wildman–Crippen MR) is 122 cm³/mol. The van der Waals surface area contributed by atoms with E-state index in [9.17, 15) is 24.5 Å².